The zero-order chi connectivity index (χ0) is 15.5. The van der Waals surface area contributed by atoms with Gasteiger partial charge in [-0.25, -0.2) is 0 Å². The summed E-state index contributed by atoms with van der Waals surface area (Å²) in [4.78, 5) is 26.1. The summed E-state index contributed by atoms with van der Waals surface area (Å²) in [6.07, 6.45) is 3.37. The van der Waals surface area contributed by atoms with Crippen LogP contribution in [0.1, 0.15) is 19.3 Å². The van der Waals surface area contributed by atoms with Gasteiger partial charge in [-0.2, -0.15) is 11.8 Å². The van der Waals surface area contributed by atoms with Crippen LogP contribution in [-0.4, -0.2) is 52.0 Å². The second kappa shape index (κ2) is 11.0. The molecule has 116 valence electrons. The summed E-state index contributed by atoms with van der Waals surface area (Å²) in [7, 11) is 0. The minimum Gasteiger partial charge on any atom is -0.480 e. The van der Waals surface area contributed by atoms with Gasteiger partial charge in [0.1, 0.15) is 6.04 Å². The molecule has 7 nitrogen and oxygen atoms in total. The van der Waals surface area contributed by atoms with Gasteiger partial charge in [-0.1, -0.05) is 0 Å². The minimum atomic E-state index is -1.04. The summed E-state index contributed by atoms with van der Waals surface area (Å²) in [5, 5.41) is 8.54. The average molecular weight is 322 g/mol. The largest absolute Gasteiger partial charge is 0.480 e. The Kier molecular flexibility index (Phi) is 10.5. The molecule has 0 aliphatic heterocycles. The zero-order valence-corrected chi connectivity index (χ0v) is 13.1. The lowest BCUT2D eigenvalue weighted by Crippen LogP contribution is -2.31. The second-order valence-electron chi connectivity index (χ2n) is 4.12. The minimum absolute atomic E-state index is 0.151. The van der Waals surface area contributed by atoms with E-state index >= 15 is 0 Å². The third-order valence-corrected chi connectivity index (χ3v) is 3.89. The third kappa shape index (κ3) is 9.18. The maximum atomic E-state index is 11.7. The Hall–Kier alpha value is -0.770. The van der Waals surface area contributed by atoms with Crippen LogP contribution in [0.3, 0.4) is 0 Å². The molecule has 20 heavy (non-hydrogen) atoms. The normalized spacial score (nSPS) is 14.8. The number of carboxylic acid groups (broad SMARTS) is 1. The number of thioether (sulfide) groups is 2. The van der Waals surface area contributed by atoms with E-state index in [-0.39, 0.29) is 10.3 Å². The zero-order valence-electron chi connectivity index (χ0n) is 11.4. The molecule has 0 amide bonds. The average Bonchev–Trinajstić information content (AvgIpc) is 2.40. The maximum Gasteiger partial charge on any atom is 0.320 e. The summed E-state index contributed by atoms with van der Waals surface area (Å²) in [5.74, 6) is -0.219. The van der Waals surface area contributed by atoms with Crippen molar-refractivity contribution in [1.82, 2.24) is 0 Å². The monoisotopic (exact) mass is 322 g/mol. The predicted molar refractivity (Wildman–Crippen MR) is 84.9 cm³/mol. The summed E-state index contributed by atoms with van der Waals surface area (Å²) < 4.78 is 0. The van der Waals surface area contributed by atoms with Gasteiger partial charge in [0.2, 0.25) is 5.12 Å². The molecule has 1 unspecified atom stereocenters. The van der Waals surface area contributed by atoms with Crippen LogP contribution in [0.4, 0.5) is 0 Å². The van der Waals surface area contributed by atoms with Crippen LogP contribution in [0, 0.1) is 0 Å². The molecule has 2 atom stereocenters. The highest BCUT2D eigenvalue weighted by atomic mass is 32.2. The van der Waals surface area contributed by atoms with Gasteiger partial charge < -0.3 is 22.3 Å². The Morgan fingerprint density at radius 2 is 1.90 bits per heavy atom. The van der Waals surface area contributed by atoms with Crippen molar-refractivity contribution in [2.75, 3.05) is 18.6 Å². The molecule has 0 aliphatic carbocycles. The highest BCUT2D eigenvalue weighted by Crippen LogP contribution is 2.09. The number of aliphatic carboxylic acids is 1. The molecular formula is C11H22N4O3S2. The first kappa shape index (κ1) is 19.2. The summed E-state index contributed by atoms with van der Waals surface area (Å²) in [6.45, 7) is 0.340. The first-order valence-electron chi connectivity index (χ1n) is 6.13. The molecule has 0 aromatic carbocycles. The van der Waals surface area contributed by atoms with E-state index in [1.54, 1.807) is 11.8 Å². The Balaban J connectivity index is 3.95. The van der Waals surface area contributed by atoms with Crippen molar-refractivity contribution < 1.29 is 14.7 Å². The quantitative estimate of drug-likeness (QED) is 0.260. The van der Waals surface area contributed by atoms with Crippen molar-refractivity contribution in [2.45, 2.75) is 31.3 Å². The molecule has 7 N–H and O–H groups in total. The van der Waals surface area contributed by atoms with Gasteiger partial charge in [-0.05, 0) is 43.0 Å². The first-order chi connectivity index (χ1) is 9.38. The molecular weight excluding hydrogens is 300 g/mol. The fraction of sp³-hybridized carbons (Fsp3) is 0.727. The molecule has 0 fully saturated rings. The second-order valence-corrected chi connectivity index (χ2v) is 6.13. The number of carbonyl (C=O) groups is 2. The van der Waals surface area contributed by atoms with Crippen molar-refractivity contribution in [2.24, 2.45) is 22.2 Å². The highest BCUT2D eigenvalue weighted by Gasteiger charge is 2.15. The van der Waals surface area contributed by atoms with E-state index < -0.39 is 18.1 Å². The maximum absolute atomic E-state index is 11.7. The molecule has 0 aromatic rings. The Labute approximate surface area is 127 Å². The number of carboxylic acids is 1. The topological polar surface area (TPSA) is 145 Å². The summed E-state index contributed by atoms with van der Waals surface area (Å²) in [5.41, 5.74) is 16.6. The lowest BCUT2D eigenvalue weighted by Gasteiger charge is -2.08. The van der Waals surface area contributed by atoms with Crippen LogP contribution in [-0.2, 0) is 9.59 Å². The number of carbonyl (C=O) groups excluding carboxylic acids is 1. The number of rotatable bonds is 9. The van der Waals surface area contributed by atoms with Crippen molar-refractivity contribution in [3.05, 3.63) is 0 Å². The fourth-order valence-electron chi connectivity index (χ4n) is 1.20. The number of nitrogens with zero attached hydrogens (tertiary/aromatic N) is 1. The van der Waals surface area contributed by atoms with Crippen molar-refractivity contribution >= 4 is 39.8 Å². The van der Waals surface area contributed by atoms with E-state index in [1.165, 1.54) is 0 Å². The Morgan fingerprint density at radius 3 is 2.45 bits per heavy atom. The van der Waals surface area contributed by atoms with Crippen molar-refractivity contribution in [3.63, 3.8) is 0 Å². The Morgan fingerprint density at radius 1 is 1.25 bits per heavy atom. The number of aliphatic imine (C=N–C) groups is 1. The van der Waals surface area contributed by atoms with Gasteiger partial charge >= 0.3 is 5.97 Å². The van der Waals surface area contributed by atoms with Gasteiger partial charge in [0.05, 0.1) is 6.04 Å². The highest BCUT2D eigenvalue weighted by molar-refractivity contribution is 8.26. The molecule has 0 aliphatic rings. The van der Waals surface area contributed by atoms with E-state index in [0.29, 0.717) is 25.8 Å². The van der Waals surface area contributed by atoms with Crippen molar-refractivity contribution in [1.29, 1.82) is 0 Å². The SMILES string of the molecule is CSCCC(N)C(=O)SC(N)=NCCC[C@H](N)C(=O)O. The lowest BCUT2D eigenvalue weighted by molar-refractivity contribution is -0.138. The van der Waals surface area contributed by atoms with Crippen LogP contribution in [0.5, 0.6) is 0 Å². The van der Waals surface area contributed by atoms with Gasteiger partial charge in [0, 0.05) is 6.54 Å². The van der Waals surface area contributed by atoms with Gasteiger partial charge in [0.15, 0.2) is 5.17 Å². The van der Waals surface area contributed by atoms with E-state index in [1.807, 2.05) is 6.26 Å². The molecule has 0 bridgehead atoms. The molecule has 0 saturated heterocycles. The van der Waals surface area contributed by atoms with Crippen molar-refractivity contribution in [3.8, 4) is 0 Å². The standard InChI is InChI=1S/C11H22N4O3S2/c1-19-6-4-8(13)10(18)20-11(14)15-5-2-3-7(12)9(16)17/h7-8H,2-6,12-13H2,1H3,(H2,14,15)(H,16,17)/t7-,8?/m0/s1. The van der Waals surface area contributed by atoms with Crippen LogP contribution >= 0.6 is 23.5 Å². The predicted octanol–water partition coefficient (Wildman–Crippen LogP) is -0.167. The number of amidine groups is 1. The molecule has 0 saturated carbocycles. The number of nitrogens with two attached hydrogens (primary N) is 3. The molecule has 0 heterocycles. The molecule has 9 heteroatoms. The molecule has 0 radical (unpaired) electrons. The number of hydrogen-bond donors (Lipinski definition) is 4. The van der Waals surface area contributed by atoms with Gasteiger partial charge in [-0.15, -0.1) is 0 Å². The van der Waals surface area contributed by atoms with E-state index in [2.05, 4.69) is 4.99 Å². The number of hydrogen-bond acceptors (Lipinski definition) is 7. The smallest absolute Gasteiger partial charge is 0.320 e. The van der Waals surface area contributed by atoms with E-state index in [0.717, 1.165) is 17.5 Å². The first-order valence-corrected chi connectivity index (χ1v) is 8.34. The lowest BCUT2D eigenvalue weighted by atomic mass is 10.2. The fourth-order valence-corrected chi connectivity index (χ4v) is 2.32. The van der Waals surface area contributed by atoms with Crippen LogP contribution in [0.15, 0.2) is 4.99 Å². The molecule has 0 spiro atoms. The molecule has 0 rings (SSSR count). The van der Waals surface area contributed by atoms with E-state index in [9.17, 15) is 9.59 Å². The van der Waals surface area contributed by atoms with Crippen LogP contribution < -0.4 is 17.2 Å². The summed E-state index contributed by atoms with van der Waals surface area (Å²) in [6, 6.07) is -1.43. The van der Waals surface area contributed by atoms with Crippen LogP contribution in [0.2, 0.25) is 0 Å². The summed E-state index contributed by atoms with van der Waals surface area (Å²) >= 11 is 2.46. The van der Waals surface area contributed by atoms with Gasteiger partial charge in [-0.3, -0.25) is 14.6 Å². The van der Waals surface area contributed by atoms with Crippen LogP contribution in [0.25, 0.3) is 0 Å². The Bertz CT molecular complexity index is 353. The van der Waals surface area contributed by atoms with E-state index in [4.69, 9.17) is 22.3 Å². The third-order valence-electron chi connectivity index (χ3n) is 2.40. The van der Waals surface area contributed by atoms with Gasteiger partial charge in [0.25, 0.3) is 0 Å². The molecule has 0 aromatic heterocycles.